The number of aliphatic carboxylic acids is 1. The van der Waals surface area contributed by atoms with E-state index in [9.17, 15) is 14.7 Å². The van der Waals surface area contributed by atoms with E-state index in [4.69, 9.17) is 9.47 Å². The van der Waals surface area contributed by atoms with Crippen molar-refractivity contribution in [2.24, 2.45) is 0 Å². The van der Waals surface area contributed by atoms with Crippen LogP contribution >= 0.6 is 0 Å². The van der Waals surface area contributed by atoms with E-state index in [0.29, 0.717) is 29.4 Å². The molecule has 0 bridgehead atoms. The molecule has 1 atom stereocenters. The van der Waals surface area contributed by atoms with Crippen LogP contribution in [-0.4, -0.2) is 36.2 Å². The van der Waals surface area contributed by atoms with Crippen LogP contribution in [0.15, 0.2) is 48.5 Å². The summed E-state index contributed by atoms with van der Waals surface area (Å²) in [5, 5.41) is 9.29. The highest BCUT2D eigenvalue weighted by Crippen LogP contribution is 2.35. The number of anilines is 1. The van der Waals surface area contributed by atoms with Gasteiger partial charge in [0.15, 0.2) is 0 Å². The molecule has 0 aliphatic carbocycles. The number of hydrogen-bond donors (Lipinski definition) is 1. The molecule has 0 radical (unpaired) electrons. The number of hydrogen-bond acceptors (Lipinski definition) is 4. The maximum absolute atomic E-state index is 13.0. The summed E-state index contributed by atoms with van der Waals surface area (Å²) in [5.74, 6) is -0.583. The van der Waals surface area contributed by atoms with E-state index in [2.05, 4.69) is 0 Å². The number of para-hydroxylation sites is 3. The van der Waals surface area contributed by atoms with Crippen molar-refractivity contribution in [2.45, 2.75) is 13.0 Å². The lowest BCUT2D eigenvalue weighted by atomic mass is 10.1. The summed E-state index contributed by atoms with van der Waals surface area (Å²) in [5.41, 5.74) is 0.937. The average Bonchev–Trinajstić information content (AvgIpc) is 2.61. The fourth-order valence-electron chi connectivity index (χ4n) is 2.63. The standard InChI is InChI=1S/C18H17NO5/c1-2-23-14-9-5-3-7-12(14)17(20)19-11-16(18(21)22)24-15-10-6-4-8-13(15)19/h3-10,16H,2,11H2,1H3,(H,21,22)/t16-/m1/s1. The van der Waals surface area contributed by atoms with Crippen LogP contribution in [0.3, 0.4) is 0 Å². The Hall–Kier alpha value is -3.02. The number of nitrogens with zero attached hydrogens (tertiary/aromatic N) is 1. The molecule has 0 fully saturated rings. The first-order chi connectivity index (χ1) is 11.6. The Morgan fingerprint density at radius 3 is 2.67 bits per heavy atom. The minimum absolute atomic E-state index is 0.0638. The molecule has 1 amide bonds. The van der Waals surface area contributed by atoms with E-state index < -0.39 is 12.1 Å². The Bertz CT molecular complexity index is 774. The Morgan fingerprint density at radius 1 is 1.21 bits per heavy atom. The number of carboxylic acid groups (broad SMARTS) is 1. The van der Waals surface area contributed by atoms with Crippen molar-refractivity contribution in [2.75, 3.05) is 18.1 Å². The van der Waals surface area contributed by atoms with E-state index in [1.165, 1.54) is 4.90 Å². The van der Waals surface area contributed by atoms with Gasteiger partial charge in [0.2, 0.25) is 6.10 Å². The van der Waals surface area contributed by atoms with E-state index >= 15 is 0 Å². The van der Waals surface area contributed by atoms with Crippen molar-refractivity contribution in [3.8, 4) is 11.5 Å². The van der Waals surface area contributed by atoms with Crippen LogP contribution in [0.2, 0.25) is 0 Å². The minimum Gasteiger partial charge on any atom is -0.493 e. The van der Waals surface area contributed by atoms with Gasteiger partial charge in [-0.1, -0.05) is 24.3 Å². The molecule has 0 unspecified atom stereocenters. The molecule has 0 aromatic heterocycles. The molecule has 1 aliphatic heterocycles. The lowest BCUT2D eigenvalue weighted by Gasteiger charge is -2.33. The molecule has 6 heteroatoms. The molecule has 3 rings (SSSR count). The van der Waals surface area contributed by atoms with Crippen LogP contribution < -0.4 is 14.4 Å². The second-order valence-corrected chi connectivity index (χ2v) is 5.26. The molecule has 1 aliphatic rings. The van der Waals surface area contributed by atoms with Gasteiger partial charge < -0.3 is 19.5 Å². The summed E-state index contributed by atoms with van der Waals surface area (Å²) in [6, 6.07) is 13.8. The summed E-state index contributed by atoms with van der Waals surface area (Å²) >= 11 is 0. The molecular formula is C18H17NO5. The Morgan fingerprint density at radius 2 is 1.92 bits per heavy atom. The zero-order valence-electron chi connectivity index (χ0n) is 13.1. The van der Waals surface area contributed by atoms with E-state index in [0.717, 1.165) is 0 Å². The van der Waals surface area contributed by atoms with Crippen LogP contribution in [0, 0.1) is 0 Å². The van der Waals surface area contributed by atoms with Gasteiger partial charge in [-0.25, -0.2) is 4.79 Å². The number of carbonyl (C=O) groups is 2. The first kappa shape index (κ1) is 15.9. The third-order valence-corrected chi connectivity index (χ3v) is 3.71. The van der Waals surface area contributed by atoms with Crippen molar-refractivity contribution >= 4 is 17.6 Å². The fourth-order valence-corrected chi connectivity index (χ4v) is 2.63. The van der Waals surface area contributed by atoms with Crippen LogP contribution in [0.4, 0.5) is 5.69 Å². The van der Waals surface area contributed by atoms with Crippen molar-refractivity contribution in [3.63, 3.8) is 0 Å². The predicted octanol–water partition coefficient (Wildman–Crippen LogP) is 2.58. The zero-order valence-corrected chi connectivity index (χ0v) is 13.1. The number of fused-ring (bicyclic) bond motifs is 1. The Balaban J connectivity index is 2.01. The highest BCUT2D eigenvalue weighted by Gasteiger charge is 2.34. The first-order valence-corrected chi connectivity index (χ1v) is 7.64. The van der Waals surface area contributed by atoms with Crippen LogP contribution in [-0.2, 0) is 4.79 Å². The average molecular weight is 327 g/mol. The zero-order chi connectivity index (χ0) is 17.1. The van der Waals surface area contributed by atoms with Gasteiger partial charge in [-0.05, 0) is 31.2 Å². The molecule has 0 saturated carbocycles. The van der Waals surface area contributed by atoms with Gasteiger partial charge in [0, 0.05) is 0 Å². The molecule has 2 aromatic carbocycles. The molecule has 24 heavy (non-hydrogen) atoms. The smallest absolute Gasteiger partial charge is 0.346 e. The quantitative estimate of drug-likeness (QED) is 0.934. The first-order valence-electron chi connectivity index (χ1n) is 7.64. The maximum Gasteiger partial charge on any atom is 0.346 e. The molecule has 124 valence electrons. The number of rotatable bonds is 4. The number of benzene rings is 2. The highest BCUT2D eigenvalue weighted by atomic mass is 16.5. The lowest BCUT2D eigenvalue weighted by Crippen LogP contribution is -2.47. The summed E-state index contributed by atoms with van der Waals surface area (Å²) in [7, 11) is 0. The van der Waals surface area contributed by atoms with E-state index in [1.54, 1.807) is 48.5 Å². The third kappa shape index (κ3) is 2.90. The molecule has 6 nitrogen and oxygen atoms in total. The molecular weight excluding hydrogens is 310 g/mol. The van der Waals surface area contributed by atoms with Crippen molar-refractivity contribution in [1.82, 2.24) is 0 Å². The summed E-state index contributed by atoms with van der Waals surface area (Å²) in [4.78, 5) is 25.8. The Kier molecular flexibility index (Phi) is 4.37. The molecule has 1 N–H and O–H groups in total. The van der Waals surface area contributed by atoms with Gasteiger partial charge in [0.05, 0.1) is 24.4 Å². The van der Waals surface area contributed by atoms with Crippen molar-refractivity contribution in [1.29, 1.82) is 0 Å². The van der Waals surface area contributed by atoms with Gasteiger partial charge >= 0.3 is 5.97 Å². The van der Waals surface area contributed by atoms with Crippen LogP contribution in [0.25, 0.3) is 0 Å². The summed E-state index contributed by atoms with van der Waals surface area (Å²) < 4.78 is 11.0. The topological polar surface area (TPSA) is 76.1 Å². The lowest BCUT2D eigenvalue weighted by molar-refractivity contribution is -0.144. The maximum atomic E-state index is 13.0. The van der Waals surface area contributed by atoms with Crippen LogP contribution in [0.5, 0.6) is 11.5 Å². The van der Waals surface area contributed by atoms with Gasteiger partial charge in [-0.2, -0.15) is 0 Å². The number of carboxylic acids is 1. The van der Waals surface area contributed by atoms with Crippen molar-refractivity contribution in [3.05, 3.63) is 54.1 Å². The third-order valence-electron chi connectivity index (χ3n) is 3.71. The Labute approximate surface area is 139 Å². The molecule has 2 aromatic rings. The SMILES string of the molecule is CCOc1ccccc1C(=O)N1C[C@H](C(=O)O)Oc2ccccc21. The number of carbonyl (C=O) groups excluding carboxylic acids is 1. The van der Waals surface area contributed by atoms with Gasteiger partial charge in [0.1, 0.15) is 11.5 Å². The minimum atomic E-state index is -1.11. The van der Waals surface area contributed by atoms with Gasteiger partial charge in [-0.15, -0.1) is 0 Å². The normalized spacial score (nSPS) is 16.0. The van der Waals surface area contributed by atoms with Crippen molar-refractivity contribution < 1.29 is 24.2 Å². The van der Waals surface area contributed by atoms with Gasteiger partial charge in [0.25, 0.3) is 5.91 Å². The second kappa shape index (κ2) is 6.62. The van der Waals surface area contributed by atoms with Crippen LogP contribution in [0.1, 0.15) is 17.3 Å². The number of amides is 1. The van der Waals surface area contributed by atoms with E-state index in [1.807, 2.05) is 6.92 Å². The monoisotopic (exact) mass is 327 g/mol. The number of ether oxygens (including phenoxy) is 2. The predicted molar refractivity (Wildman–Crippen MR) is 87.8 cm³/mol. The largest absolute Gasteiger partial charge is 0.493 e. The molecule has 0 spiro atoms. The highest BCUT2D eigenvalue weighted by molar-refractivity contribution is 6.09. The molecule has 1 heterocycles. The summed E-state index contributed by atoms with van der Waals surface area (Å²) in [6.07, 6.45) is -1.11. The second-order valence-electron chi connectivity index (χ2n) is 5.26. The summed E-state index contributed by atoms with van der Waals surface area (Å²) in [6.45, 7) is 2.21. The fraction of sp³-hybridized carbons (Fsp3) is 0.222. The molecule has 0 saturated heterocycles. The van der Waals surface area contributed by atoms with Gasteiger partial charge in [-0.3, -0.25) is 4.79 Å². The van der Waals surface area contributed by atoms with E-state index in [-0.39, 0.29) is 12.5 Å².